The van der Waals surface area contributed by atoms with Crippen molar-refractivity contribution in [3.05, 3.63) is 39.0 Å². The van der Waals surface area contributed by atoms with E-state index >= 15 is 0 Å². The van der Waals surface area contributed by atoms with Gasteiger partial charge in [0, 0.05) is 25.8 Å². The second-order valence-corrected chi connectivity index (χ2v) is 7.24. The van der Waals surface area contributed by atoms with Gasteiger partial charge in [-0.15, -0.1) is 0 Å². The molecule has 2 aromatic heterocycles. The van der Waals surface area contributed by atoms with Crippen molar-refractivity contribution in [2.45, 2.75) is 44.6 Å². The summed E-state index contributed by atoms with van der Waals surface area (Å²) in [6, 6.07) is 5.65. The molecule has 0 saturated heterocycles. The van der Waals surface area contributed by atoms with Crippen LogP contribution in [0.5, 0.6) is 0 Å². The molecule has 4 rings (SSSR count). The highest BCUT2D eigenvalue weighted by atomic mass is 16.2. The van der Waals surface area contributed by atoms with Gasteiger partial charge < -0.3 is 4.90 Å². The number of aromatic amines is 1. The normalized spacial score (nSPS) is 16.1. The summed E-state index contributed by atoms with van der Waals surface area (Å²) < 4.78 is 1.36. The van der Waals surface area contributed by atoms with E-state index in [2.05, 4.69) is 15.0 Å². The standard InChI is InChI=1S/C19H23N5O2/c1-23(2)13-9-10-14-15(11-13)21-17-16(20-14)18(25)24(19(26)22-17)12-7-5-3-4-6-8-12/h9-12H,3-8H2,1-2H3,(H,21,22,26). The Kier molecular flexibility index (Phi) is 4.22. The summed E-state index contributed by atoms with van der Waals surface area (Å²) in [5.74, 6) is 0. The van der Waals surface area contributed by atoms with E-state index in [0.29, 0.717) is 11.0 Å². The summed E-state index contributed by atoms with van der Waals surface area (Å²) >= 11 is 0. The highest BCUT2D eigenvalue weighted by Crippen LogP contribution is 2.25. The van der Waals surface area contributed by atoms with Crippen LogP contribution in [0.25, 0.3) is 22.2 Å². The lowest BCUT2D eigenvalue weighted by molar-refractivity contribution is 0.418. The molecule has 1 fully saturated rings. The largest absolute Gasteiger partial charge is 0.378 e. The van der Waals surface area contributed by atoms with E-state index in [-0.39, 0.29) is 28.5 Å². The lowest BCUT2D eigenvalue weighted by Crippen LogP contribution is -2.38. The summed E-state index contributed by atoms with van der Waals surface area (Å²) in [6.07, 6.45) is 6.14. The highest BCUT2D eigenvalue weighted by Gasteiger charge is 2.20. The van der Waals surface area contributed by atoms with E-state index in [4.69, 9.17) is 0 Å². The topological polar surface area (TPSA) is 83.9 Å². The van der Waals surface area contributed by atoms with Gasteiger partial charge in [-0.1, -0.05) is 25.7 Å². The van der Waals surface area contributed by atoms with Crippen LogP contribution in [0.1, 0.15) is 44.6 Å². The molecule has 1 N–H and O–H groups in total. The molecule has 26 heavy (non-hydrogen) atoms. The molecule has 2 heterocycles. The van der Waals surface area contributed by atoms with Gasteiger partial charge in [0.1, 0.15) is 0 Å². The molecular weight excluding hydrogens is 330 g/mol. The number of fused-ring (bicyclic) bond motifs is 2. The minimum absolute atomic E-state index is 0.0493. The smallest absolute Gasteiger partial charge is 0.330 e. The molecule has 0 unspecified atom stereocenters. The van der Waals surface area contributed by atoms with Gasteiger partial charge in [-0.3, -0.25) is 14.3 Å². The Morgan fingerprint density at radius 1 is 1.04 bits per heavy atom. The van der Waals surface area contributed by atoms with Crippen LogP contribution >= 0.6 is 0 Å². The van der Waals surface area contributed by atoms with Gasteiger partial charge >= 0.3 is 5.69 Å². The minimum Gasteiger partial charge on any atom is -0.378 e. The number of rotatable bonds is 2. The van der Waals surface area contributed by atoms with E-state index in [0.717, 1.165) is 44.2 Å². The van der Waals surface area contributed by atoms with Crippen molar-refractivity contribution < 1.29 is 0 Å². The summed E-state index contributed by atoms with van der Waals surface area (Å²) in [4.78, 5) is 39.4. The first-order chi connectivity index (χ1) is 12.5. The van der Waals surface area contributed by atoms with Crippen LogP contribution in [0, 0.1) is 0 Å². The van der Waals surface area contributed by atoms with E-state index in [1.54, 1.807) is 0 Å². The van der Waals surface area contributed by atoms with Crippen LogP contribution in [0.3, 0.4) is 0 Å². The first kappa shape index (κ1) is 16.8. The number of hydrogen-bond acceptors (Lipinski definition) is 5. The average Bonchev–Trinajstić information content (AvgIpc) is 2.89. The third kappa shape index (κ3) is 2.87. The number of nitrogens with zero attached hydrogens (tertiary/aromatic N) is 4. The number of benzene rings is 1. The molecule has 1 aliphatic carbocycles. The molecule has 7 nitrogen and oxygen atoms in total. The fourth-order valence-corrected chi connectivity index (χ4v) is 3.77. The van der Waals surface area contributed by atoms with Crippen LogP contribution in [0.4, 0.5) is 5.69 Å². The molecule has 1 aromatic carbocycles. The van der Waals surface area contributed by atoms with Gasteiger partial charge in [-0.2, -0.15) is 0 Å². The molecule has 3 aromatic rings. The van der Waals surface area contributed by atoms with Gasteiger partial charge in [-0.25, -0.2) is 14.8 Å². The maximum Gasteiger partial charge on any atom is 0.330 e. The van der Waals surface area contributed by atoms with Crippen LogP contribution in [-0.4, -0.2) is 33.6 Å². The van der Waals surface area contributed by atoms with E-state index in [1.165, 1.54) is 4.57 Å². The van der Waals surface area contributed by atoms with Crippen LogP contribution in [0.15, 0.2) is 27.8 Å². The quantitative estimate of drug-likeness (QED) is 0.565. The summed E-state index contributed by atoms with van der Waals surface area (Å²) in [7, 11) is 3.89. The first-order valence-electron chi connectivity index (χ1n) is 9.18. The third-order valence-corrected chi connectivity index (χ3v) is 5.22. The minimum atomic E-state index is -0.383. The van der Waals surface area contributed by atoms with Gasteiger partial charge in [0.25, 0.3) is 5.56 Å². The number of nitrogens with one attached hydrogen (secondary N) is 1. The molecule has 0 amide bonds. The number of H-pyrrole nitrogens is 1. The first-order valence-corrected chi connectivity index (χ1v) is 9.18. The van der Waals surface area contributed by atoms with Gasteiger partial charge in [0.2, 0.25) is 0 Å². The van der Waals surface area contributed by atoms with Crippen molar-refractivity contribution in [1.82, 2.24) is 19.5 Å². The van der Waals surface area contributed by atoms with Crippen LogP contribution in [-0.2, 0) is 0 Å². The Morgan fingerprint density at radius 2 is 1.77 bits per heavy atom. The Hall–Kier alpha value is -2.70. The van der Waals surface area contributed by atoms with Gasteiger partial charge in [0.15, 0.2) is 11.2 Å². The van der Waals surface area contributed by atoms with Gasteiger partial charge in [0.05, 0.1) is 11.0 Å². The maximum atomic E-state index is 13.0. The Morgan fingerprint density at radius 3 is 2.46 bits per heavy atom. The molecule has 0 aliphatic heterocycles. The van der Waals surface area contributed by atoms with Crippen molar-refractivity contribution in [3.63, 3.8) is 0 Å². The van der Waals surface area contributed by atoms with E-state index < -0.39 is 0 Å². The van der Waals surface area contributed by atoms with Crippen LogP contribution in [0.2, 0.25) is 0 Å². The summed E-state index contributed by atoms with van der Waals surface area (Å²) in [5.41, 5.74) is 2.08. The van der Waals surface area contributed by atoms with Crippen molar-refractivity contribution >= 4 is 27.9 Å². The SMILES string of the molecule is CN(C)c1ccc2nc3c(=O)n(C4CCCCCC4)c(=O)[nH]c3nc2c1. The van der Waals surface area contributed by atoms with Gasteiger partial charge in [-0.05, 0) is 31.0 Å². The highest BCUT2D eigenvalue weighted by molar-refractivity contribution is 5.85. The van der Waals surface area contributed by atoms with E-state index in [1.807, 2.05) is 37.2 Å². The molecule has 1 aliphatic rings. The van der Waals surface area contributed by atoms with Crippen molar-refractivity contribution in [2.24, 2.45) is 0 Å². The number of aromatic nitrogens is 4. The zero-order valence-corrected chi connectivity index (χ0v) is 15.2. The third-order valence-electron chi connectivity index (χ3n) is 5.22. The molecule has 0 bridgehead atoms. The predicted molar refractivity (Wildman–Crippen MR) is 103 cm³/mol. The molecule has 136 valence electrons. The monoisotopic (exact) mass is 353 g/mol. The average molecular weight is 353 g/mol. The van der Waals surface area contributed by atoms with Crippen LogP contribution < -0.4 is 16.1 Å². The van der Waals surface area contributed by atoms with Crippen molar-refractivity contribution in [2.75, 3.05) is 19.0 Å². The summed E-state index contributed by atoms with van der Waals surface area (Å²) in [5, 5.41) is 0. The zero-order chi connectivity index (χ0) is 18.3. The summed E-state index contributed by atoms with van der Waals surface area (Å²) in [6.45, 7) is 0. The Bertz CT molecular complexity index is 1070. The second kappa shape index (κ2) is 6.55. The van der Waals surface area contributed by atoms with Crippen molar-refractivity contribution in [3.8, 4) is 0 Å². The molecule has 0 atom stereocenters. The fraction of sp³-hybridized carbons (Fsp3) is 0.474. The molecule has 0 spiro atoms. The zero-order valence-electron chi connectivity index (χ0n) is 15.2. The fourth-order valence-electron chi connectivity index (χ4n) is 3.77. The Labute approximate surface area is 150 Å². The Balaban J connectivity index is 1.91. The molecular formula is C19H23N5O2. The lowest BCUT2D eigenvalue weighted by atomic mass is 10.1. The van der Waals surface area contributed by atoms with E-state index in [9.17, 15) is 9.59 Å². The van der Waals surface area contributed by atoms with Crippen molar-refractivity contribution in [1.29, 1.82) is 0 Å². The molecule has 7 heteroatoms. The molecule has 0 radical (unpaired) electrons. The maximum absolute atomic E-state index is 13.0. The number of hydrogen-bond donors (Lipinski definition) is 1. The lowest BCUT2D eigenvalue weighted by Gasteiger charge is -2.16. The predicted octanol–water partition coefficient (Wildman–Crippen LogP) is 2.59. The number of anilines is 1. The second-order valence-electron chi connectivity index (χ2n) is 7.24. The molecule has 1 saturated carbocycles.